The minimum atomic E-state index is 0.222. The Morgan fingerprint density at radius 3 is 2.58 bits per heavy atom. The number of hydrogen-bond acceptors (Lipinski definition) is 1. The van der Waals surface area contributed by atoms with Crippen LogP contribution in [0.4, 0.5) is 0 Å². The van der Waals surface area contributed by atoms with Gasteiger partial charge in [0.25, 0.3) is 0 Å². The molecule has 100 valence electrons. The summed E-state index contributed by atoms with van der Waals surface area (Å²) in [6.07, 6.45) is 5.62. The van der Waals surface area contributed by atoms with Gasteiger partial charge in [-0.1, -0.05) is 26.0 Å². The lowest BCUT2D eigenvalue weighted by Crippen LogP contribution is -2.17. The van der Waals surface area contributed by atoms with Gasteiger partial charge in [0.2, 0.25) is 0 Å². The van der Waals surface area contributed by atoms with Gasteiger partial charge in [-0.25, -0.2) is 0 Å². The number of nitrogens with zero attached hydrogens (tertiary/aromatic N) is 1. The van der Waals surface area contributed by atoms with Crippen LogP contribution in [-0.2, 0) is 6.42 Å². The molecule has 0 spiro atoms. The van der Waals surface area contributed by atoms with Crippen molar-refractivity contribution in [3.05, 3.63) is 53.3 Å². The molecule has 19 heavy (non-hydrogen) atoms. The van der Waals surface area contributed by atoms with Crippen LogP contribution in [0, 0.1) is 0 Å². The highest BCUT2D eigenvalue weighted by molar-refractivity contribution is 5.42. The Kier molecular flexibility index (Phi) is 3.19. The van der Waals surface area contributed by atoms with E-state index in [4.69, 9.17) is 5.73 Å². The quantitative estimate of drug-likeness (QED) is 0.864. The summed E-state index contributed by atoms with van der Waals surface area (Å²) in [4.78, 5) is 0. The first kappa shape index (κ1) is 12.5. The van der Waals surface area contributed by atoms with Gasteiger partial charge < -0.3 is 10.3 Å². The lowest BCUT2D eigenvalue weighted by Gasteiger charge is -2.21. The molecule has 0 radical (unpaired) electrons. The monoisotopic (exact) mass is 254 g/mol. The molecule has 2 aromatic rings. The first-order chi connectivity index (χ1) is 9.16. The predicted molar refractivity (Wildman–Crippen MR) is 79.7 cm³/mol. The van der Waals surface area contributed by atoms with Gasteiger partial charge >= 0.3 is 0 Å². The molecule has 1 atom stereocenters. The SMILES string of the molecule is CC(C)c1ccc(-n2ccc3c2CCCC3N)cc1. The molecule has 2 N–H and O–H groups in total. The largest absolute Gasteiger partial charge is 0.324 e. The maximum atomic E-state index is 6.19. The summed E-state index contributed by atoms with van der Waals surface area (Å²) in [5, 5.41) is 0. The van der Waals surface area contributed by atoms with E-state index in [2.05, 4.69) is 54.9 Å². The lowest BCUT2D eigenvalue weighted by molar-refractivity contribution is 0.560. The Morgan fingerprint density at radius 1 is 1.16 bits per heavy atom. The van der Waals surface area contributed by atoms with Crippen LogP contribution >= 0.6 is 0 Å². The third-order valence-corrected chi connectivity index (χ3v) is 4.19. The molecular weight excluding hydrogens is 232 g/mol. The zero-order valence-corrected chi connectivity index (χ0v) is 11.8. The van der Waals surface area contributed by atoms with E-state index >= 15 is 0 Å². The summed E-state index contributed by atoms with van der Waals surface area (Å²) in [5.74, 6) is 0.584. The van der Waals surface area contributed by atoms with Crippen molar-refractivity contribution < 1.29 is 0 Å². The Hall–Kier alpha value is -1.54. The van der Waals surface area contributed by atoms with Crippen LogP contribution in [0.1, 0.15) is 55.5 Å². The first-order valence-corrected chi connectivity index (χ1v) is 7.23. The third kappa shape index (κ3) is 2.21. The predicted octanol–water partition coefficient (Wildman–Crippen LogP) is 3.94. The van der Waals surface area contributed by atoms with E-state index in [-0.39, 0.29) is 6.04 Å². The minimum Gasteiger partial charge on any atom is -0.324 e. The smallest absolute Gasteiger partial charge is 0.0452 e. The Balaban J connectivity index is 1.98. The highest BCUT2D eigenvalue weighted by Crippen LogP contribution is 2.30. The highest BCUT2D eigenvalue weighted by atomic mass is 15.0. The van der Waals surface area contributed by atoms with Crippen molar-refractivity contribution in [2.75, 3.05) is 0 Å². The van der Waals surface area contributed by atoms with Gasteiger partial charge in [0, 0.05) is 23.6 Å². The number of fused-ring (bicyclic) bond motifs is 1. The van der Waals surface area contributed by atoms with Crippen LogP contribution in [0.5, 0.6) is 0 Å². The van der Waals surface area contributed by atoms with Gasteiger partial charge in [0.05, 0.1) is 0 Å². The van der Waals surface area contributed by atoms with Crippen LogP contribution in [0.15, 0.2) is 36.5 Å². The van der Waals surface area contributed by atoms with Gasteiger partial charge in [-0.3, -0.25) is 0 Å². The van der Waals surface area contributed by atoms with E-state index in [0.29, 0.717) is 5.92 Å². The fourth-order valence-corrected chi connectivity index (χ4v) is 2.99. The second kappa shape index (κ2) is 4.86. The van der Waals surface area contributed by atoms with Crippen LogP contribution < -0.4 is 5.73 Å². The summed E-state index contributed by atoms with van der Waals surface area (Å²) < 4.78 is 2.30. The van der Waals surface area contributed by atoms with E-state index in [1.54, 1.807) is 0 Å². The molecule has 0 saturated carbocycles. The maximum absolute atomic E-state index is 6.19. The van der Waals surface area contributed by atoms with Crippen molar-refractivity contribution in [1.82, 2.24) is 4.57 Å². The summed E-state index contributed by atoms with van der Waals surface area (Å²) in [6, 6.07) is 11.3. The van der Waals surface area contributed by atoms with Gasteiger partial charge in [-0.05, 0) is 54.5 Å². The van der Waals surface area contributed by atoms with Gasteiger partial charge in [0.1, 0.15) is 0 Å². The van der Waals surface area contributed by atoms with Crippen molar-refractivity contribution in [2.45, 2.75) is 45.1 Å². The Bertz CT molecular complexity index is 563. The van der Waals surface area contributed by atoms with Gasteiger partial charge in [0.15, 0.2) is 0 Å². The van der Waals surface area contributed by atoms with Gasteiger partial charge in [-0.15, -0.1) is 0 Å². The molecule has 3 rings (SSSR count). The molecule has 0 amide bonds. The van der Waals surface area contributed by atoms with Crippen LogP contribution in [0.3, 0.4) is 0 Å². The molecule has 0 bridgehead atoms. The number of rotatable bonds is 2. The molecule has 2 heteroatoms. The summed E-state index contributed by atoms with van der Waals surface area (Å²) in [7, 11) is 0. The zero-order valence-electron chi connectivity index (χ0n) is 11.8. The molecule has 0 saturated heterocycles. The van der Waals surface area contributed by atoms with Crippen molar-refractivity contribution in [2.24, 2.45) is 5.73 Å². The van der Waals surface area contributed by atoms with E-state index in [9.17, 15) is 0 Å². The van der Waals surface area contributed by atoms with Crippen LogP contribution in [-0.4, -0.2) is 4.57 Å². The second-order valence-corrected chi connectivity index (χ2v) is 5.83. The van der Waals surface area contributed by atoms with E-state index in [0.717, 1.165) is 12.8 Å². The third-order valence-electron chi connectivity index (χ3n) is 4.19. The summed E-state index contributed by atoms with van der Waals surface area (Å²) in [6.45, 7) is 4.46. The zero-order chi connectivity index (χ0) is 13.4. The molecule has 1 unspecified atom stereocenters. The lowest BCUT2D eigenvalue weighted by atomic mass is 9.93. The minimum absolute atomic E-state index is 0.222. The van der Waals surface area contributed by atoms with Crippen molar-refractivity contribution in [3.8, 4) is 5.69 Å². The van der Waals surface area contributed by atoms with E-state index < -0.39 is 0 Å². The Labute approximate surface area is 115 Å². The van der Waals surface area contributed by atoms with Crippen LogP contribution in [0.2, 0.25) is 0 Å². The van der Waals surface area contributed by atoms with Gasteiger partial charge in [-0.2, -0.15) is 0 Å². The molecule has 1 aromatic heterocycles. The topological polar surface area (TPSA) is 30.9 Å². The molecule has 0 fully saturated rings. The molecule has 1 aliphatic rings. The van der Waals surface area contributed by atoms with Crippen molar-refractivity contribution >= 4 is 0 Å². The first-order valence-electron chi connectivity index (χ1n) is 7.23. The molecule has 2 nitrogen and oxygen atoms in total. The number of aromatic nitrogens is 1. The van der Waals surface area contributed by atoms with Crippen LogP contribution in [0.25, 0.3) is 5.69 Å². The number of nitrogens with two attached hydrogens (primary N) is 1. The average molecular weight is 254 g/mol. The Morgan fingerprint density at radius 2 is 1.89 bits per heavy atom. The standard InChI is InChI=1S/C17H22N2/c1-12(2)13-6-8-14(9-7-13)19-11-10-15-16(18)4-3-5-17(15)19/h6-12,16H,3-5,18H2,1-2H3. The van der Waals surface area contributed by atoms with E-state index in [1.807, 2.05) is 0 Å². The number of benzene rings is 1. The second-order valence-electron chi connectivity index (χ2n) is 5.83. The fourth-order valence-electron chi connectivity index (χ4n) is 2.99. The van der Waals surface area contributed by atoms with Crippen molar-refractivity contribution in [3.63, 3.8) is 0 Å². The summed E-state index contributed by atoms with van der Waals surface area (Å²) in [5.41, 5.74) is 11.6. The summed E-state index contributed by atoms with van der Waals surface area (Å²) >= 11 is 0. The molecular formula is C17H22N2. The molecule has 1 aromatic carbocycles. The number of hydrogen-bond donors (Lipinski definition) is 1. The molecule has 0 aliphatic heterocycles. The molecule has 1 aliphatic carbocycles. The normalized spacial score (nSPS) is 18.6. The maximum Gasteiger partial charge on any atom is 0.0452 e. The highest BCUT2D eigenvalue weighted by Gasteiger charge is 2.20. The molecule has 1 heterocycles. The van der Waals surface area contributed by atoms with Crippen molar-refractivity contribution in [1.29, 1.82) is 0 Å². The average Bonchev–Trinajstić information content (AvgIpc) is 2.84. The fraction of sp³-hybridized carbons (Fsp3) is 0.412. The van der Waals surface area contributed by atoms with E-state index in [1.165, 1.54) is 28.9 Å².